The van der Waals surface area contributed by atoms with E-state index < -0.39 is 10.0 Å². The molecule has 1 aliphatic rings. The number of rotatable bonds is 5. The van der Waals surface area contributed by atoms with Crippen LogP contribution >= 0.6 is 11.3 Å². The quantitative estimate of drug-likeness (QED) is 0.639. The zero-order chi connectivity index (χ0) is 21.3. The summed E-state index contributed by atoms with van der Waals surface area (Å²) >= 11 is 1.59. The normalized spacial score (nSPS) is 16.4. The highest BCUT2D eigenvalue weighted by Gasteiger charge is 2.34. The highest BCUT2D eigenvalue weighted by atomic mass is 32.2. The van der Waals surface area contributed by atoms with Crippen molar-refractivity contribution in [2.24, 2.45) is 5.10 Å². The molecule has 2 aromatic carbocycles. The molecule has 0 aliphatic carbocycles. The maximum Gasteiger partial charge on any atom is 0.274 e. The fourth-order valence-electron chi connectivity index (χ4n) is 3.38. The summed E-state index contributed by atoms with van der Waals surface area (Å²) in [5.74, 6) is -0.159. The van der Waals surface area contributed by atoms with Crippen molar-refractivity contribution in [1.29, 1.82) is 0 Å². The Morgan fingerprint density at radius 2 is 1.90 bits per heavy atom. The summed E-state index contributed by atoms with van der Waals surface area (Å²) in [6, 6.07) is 18.3. The number of sulfonamides is 1. The van der Waals surface area contributed by atoms with Crippen molar-refractivity contribution < 1.29 is 13.2 Å². The van der Waals surface area contributed by atoms with E-state index in [1.807, 2.05) is 54.8 Å². The predicted molar refractivity (Wildman–Crippen MR) is 120 cm³/mol. The molecule has 1 aromatic heterocycles. The lowest BCUT2D eigenvalue weighted by atomic mass is 10.0. The van der Waals surface area contributed by atoms with Crippen molar-refractivity contribution in [1.82, 2.24) is 5.01 Å². The summed E-state index contributed by atoms with van der Waals surface area (Å²) in [6.45, 7) is 1.98. The van der Waals surface area contributed by atoms with Crippen molar-refractivity contribution in [3.63, 3.8) is 0 Å². The molecular weight excluding hydrogens is 418 g/mol. The minimum absolute atomic E-state index is 0.159. The van der Waals surface area contributed by atoms with Gasteiger partial charge in [0.05, 0.1) is 18.0 Å². The Labute approximate surface area is 179 Å². The molecule has 0 fully saturated rings. The van der Waals surface area contributed by atoms with E-state index in [0.29, 0.717) is 17.7 Å². The Kier molecular flexibility index (Phi) is 5.44. The van der Waals surface area contributed by atoms with E-state index >= 15 is 0 Å². The summed E-state index contributed by atoms with van der Waals surface area (Å²) in [4.78, 5) is 14.3. The van der Waals surface area contributed by atoms with Crippen molar-refractivity contribution >= 4 is 38.7 Å². The van der Waals surface area contributed by atoms with Gasteiger partial charge in [0.1, 0.15) is 0 Å². The largest absolute Gasteiger partial charge is 0.284 e. The second-order valence-corrected chi connectivity index (χ2v) is 9.98. The molecule has 3 aromatic rings. The fraction of sp³-hybridized carbons (Fsp3) is 0.182. The summed E-state index contributed by atoms with van der Waals surface area (Å²) in [5.41, 5.74) is 3.66. The monoisotopic (exact) mass is 439 g/mol. The number of hydrazone groups is 1. The molecule has 0 spiro atoms. The van der Waals surface area contributed by atoms with Crippen LogP contribution in [0.4, 0.5) is 5.69 Å². The Bertz CT molecular complexity index is 1200. The number of anilines is 1. The van der Waals surface area contributed by atoms with Crippen molar-refractivity contribution in [2.75, 3.05) is 11.0 Å². The SMILES string of the molecule is Cc1ccc(C(=O)N2N=C(c3cccc(NS(C)(=O)=O)c3)C[C@@H]2c2cccs2)cc1. The number of amides is 1. The van der Waals surface area contributed by atoms with Gasteiger partial charge in [-0.25, -0.2) is 13.4 Å². The van der Waals surface area contributed by atoms with Gasteiger partial charge in [0, 0.05) is 22.5 Å². The highest BCUT2D eigenvalue weighted by molar-refractivity contribution is 7.92. The third-order valence-corrected chi connectivity index (χ3v) is 6.37. The number of thiophene rings is 1. The van der Waals surface area contributed by atoms with Gasteiger partial charge in [-0.2, -0.15) is 5.10 Å². The van der Waals surface area contributed by atoms with Gasteiger partial charge in [0.15, 0.2) is 0 Å². The van der Waals surface area contributed by atoms with Crippen LogP contribution in [-0.2, 0) is 10.0 Å². The first kappa shape index (κ1) is 20.3. The van der Waals surface area contributed by atoms with E-state index in [-0.39, 0.29) is 11.9 Å². The average Bonchev–Trinajstić information content (AvgIpc) is 3.37. The third kappa shape index (κ3) is 4.44. The van der Waals surface area contributed by atoms with E-state index in [9.17, 15) is 13.2 Å². The standard InChI is InChI=1S/C22H21N3O3S2/c1-15-8-10-16(11-9-15)22(26)25-20(21-7-4-12-29-21)14-19(23-25)17-5-3-6-18(13-17)24-30(2,27)28/h3-13,20,24H,14H2,1-2H3/t20-/m1/s1. The molecule has 154 valence electrons. The molecule has 1 N–H and O–H groups in total. The topological polar surface area (TPSA) is 78.8 Å². The zero-order valence-corrected chi connectivity index (χ0v) is 18.2. The Morgan fingerprint density at radius 1 is 1.13 bits per heavy atom. The molecule has 0 radical (unpaired) electrons. The molecule has 0 unspecified atom stereocenters. The second-order valence-electron chi connectivity index (χ2n) is 7.25. The number of aryl methyl sites for hydroxylation is 1. The van der Waals surface area contributed by atoms with E-state index in [4.69, 9.17) is 0 Å². The number of carbonyl (C=O) groups is 1. The molecule has 0 bridgehead atoms. The van der Waals surface area contributed by atoms with Gasteiger partial charge in [-0.1, -0.05) is 35.9 Å². The Balaban J connectivity index is 1.69. The van der Waals surface area contributed by atoms with Gasteiger partial charge >= 0.3 is 0 Å². The van der Waals surface area contributed by atoms with E-state index in [1.54, 1.807) is 34.5 Å². The smallest absolute Gasteiger partial charge is 0.274 e. The second kappa shape index (κ2) is 8.04. The maximum atomic E-state index is 13.2. The number of hydrogen-bond donors (Lipinski definition) is 1. The van der Waals surface area contributed by atoms with E-state index in [0.717, 1.165) is 28.0 Å². The summed E-state index contributed by atoms with van der Waals surface area (Å²) in [7, 11) is -3.38. The summed E-state index contributed by atoms with van der Waals surface area (Å²) in [6.07, 6.45) is 1.67. The number of nitrogens with one attached hydrogen (secondary N) is 1. The van der Waals surface area contributed by atoms with Crippen LogP contribution in [0.15, 0.2) is 71.1 Å². The van der Waals surface area contributed by atoms with Crippen molar-refractivity contribution in [3.8, 4) is 0 Å². The molecule has 0 saturated carbocycles. The zero-order valence-electron chi connectivity index (χ0n) is 16.6. The summed E-state index contributed by atoms with van der Waals surface area (Å²) in [5, 5.41) is 8.19. The number of nitrogens with zero attached hydrogens (tertiary/aromatic N) is 2. The molecule has 1 amide bonds. The molecule has 30 heavy (non-hydrogen) atoms. The summed E-state index contributed by atoms with van der Waals surface area (Å²) < 4.78 is 25.6. The first-order valence-corrected chi connectivity index (χ1v) is 12.2. The molecule has 0 saturated heterocycles. The first-order valence-electron chi connectivity index (χ1n) is 9.39. The Morgan fingerprint density at radius 3 is 2.57 bits per heavy atom. The first-order chi connectivity index (χ1) is 14.3. The van der Waals surface area contributed by atoms with Gasteiger partial charge in [0.2, 0.25) is 10.0 Å². The average molecular weight is 440 g/mol. The molecule has 2 heterocycles. The van der Waals surface area contributed by atoms with Gasteiger partial charge in [-0.05, 0) is 48.2 Å². The minimum atomic E-state index is -3.38. The van der Waals surface area contributed by atoms with E-state index in [2.05, 4.69) is 9.82 Å². The molecule has 6 nitrogen and oxygen atoms in total. The lowest BCUT2D eigenvalue weighted by molar-refractivity contribution is 0.0714. The van der Waals surface area contributed by atoms with Crippen LogP contribution in [0.2, 0.25) is 0 Å². The van der Waals surface area contributed by atoms with Gasteiger partial charge in [-0.3, -0.25) is 9.52 Å². The van der Waals surface area contributed by atoms with Crippen LogP contribution in [-0.4, -0.2) is 31.3 Å². The number of hydrogen-bond acceptors (Lipinski definition) is 5. The number of carbonyl (C=O) groups excluding carboxylic acids is 1. The molecule has 8 heteroatoms. The predicted octanol–water partition coefficient (Wildman–Crippen LogP) is 4.42. The van der Waals surface area contributed by atoms with E-state index in [1.165, 1.54) is 0 Å². The van der Waals surface area contributed by atoms with Crippen LogP contribution in [0.1, 0.15) is 38.8 Å². The minimum Gasteiger partial charge on any atom is -0.284 e. The highest BCUT2D eigenvalue weighted by Crippen LogP contribution is 2.36. The molecular formula is C22H21N3O3S2. The van der Waals surface area contributed by atoms with Crippen LogP contribution in [0, 0.1) is 6.92 Å². The maximum absolute atomic E-state index is 13.2. The van der Waals surface area contributed by atoms with Crippen LogP contribution < -0.4 is 4.72 Å². The van der Waals surface area contributed by atoms with Crippen LogP contribution in [0.5, 0.6) is 0 Å². The van der Waals surface area contributed by atoms with Gasteiger partial charge in [-0.15, -0.1) is 11.3 Å². The molecule has 1 atom stereocenters. The van der Waals surface area contributed by atoms with Crippen LogP contribution in [0.25, 0.3) is 0 Å². The van der Waals surface area contributed by atoms with Gasteiger partial charge < -0.3 is 0 Å². The third-order valence-electron chi connectivity index (χ3n) is 4.79. The fourth-order valence-corrected chi connectivity index (χ4v) is 4.75. The lowest BCUT2D eigenvalue weighted by Gasteiger charge is -2.20. The van der Waals surface area contributed by atoms with Crippen molar-refractivity contribution in [2.45, 2.75) is 19.4 Å². The van der Waals surface area contributed by atoms with Crippen LogP contribution in [0.3, 0.4) is 0 Å². The molecule has 4 rings (SSSR count). The van der Waals surface area contributed by atoms with Crippen molar-refractivity contribution in [3.05, 3.63) is 87.6 Å². The van der Waals surface area contributed by atoms with Gasteiger partial charge in [0.25, 0.3) is 5.91 Å². The Hall–Kier alpha value is -2.97. The lowest BCUT2D eigenvalue weighted by Crippen LogP contribution is -2.26. The number of benzene rings is 2. The molecule has 1 aliphatic heterocycles.